The van der Waals surface area contributed by atoms with Crippen molar-refractivity contribution in [3.05, 3.63) is 15.9 Å². The second-order valence-corrected chi connectivity index (χ2v) is 8.00. The Morgan fingerprint density at radius 2 is 2.38 bits per heavy atom. The molecule has 1 saturated heterocycles. The second-order valence-electron chi connectivity index (χ2n) is 3.55. The molecule has 1 aliphatic rings. The van der Waals surface area contributed by atoms with Gasteiger partial charge in [0, 0.05) is 13.2 Å². The monoisotopic (exact) mass is 325 g/mol. The smallest absolute Gasteiger partial charge is 0.250 e. The fourth-order valence-electron chi connectivity index (χ4n) is 1.52. The molecule has 0 amide bonds. The molecule has 90 valence electrons. The van der Waals surface area contributed by atoms with Crippen molar-refractivity contribution >= 4 is 37.3 Å². The summed E-state index contributed by atoms with van der Waals surface area (Å²) in [5.74, 6) is 0. The van der Waals surface area contributed by atoms with Crippen LogP contribution in [0.5, 0.6) is 0 Å². The third-order valence-corrected chi connectivity index (χ3v) is 5.88. The minimum absolute atomic E-state index is 0.0261. The van der Waals surface area contributed by atoms with Gasteiger partial charge in [0.2, 0.25) is 10.0 Å². The number of ether oxygens (including phenoxy) is 1. The van der Waals surface area contributed by atoms with Crippen molar-refractivity contribution in [2.75, 3.05) is 13.2 Å². The average molecular weight is 326 g/mol. The van der Waals surface area contributed by atoms with Crippen LogP contribution in [0.2, 0.25) is 0 Å². The van der Waals surface area contributed by atoms with Gasteiger partial charge < -0.3 is 4.74 Å². The van der Waals surface area contributed by atoms with Gasteiger partial charge in [0.25, 0.3) is 0 Å². The minimum Gasteiger partial charge on any atom is -0.377 e. The van der Waals surface area contributed by atoms with E-state index < -0.39 is 10.0 Å². The van der Waals surface area contributed by atoms with Gasteiger partial charge in [0.05, 0.1) is 9.89 Å². The molecule has 1 aromatic heterocycles. The molecule has 0 radical (unpaired) electrons. The summed E-state index contributed by atoms with van der Waals surface area (Å²) in [6.45, 7) is 1.09. The van der Waals surface area contributed by atoms with E-state index in [9.17, 15) is 8.42 Å². The largest absolute Gasteiger partial charge is 0.377 e. The average Bonchev–Trinajstić information content (AvgIpc) is 2.85. The number of nitrogens with one attached hydrogen (secondary N) is 1. The molecule has 0 unspecified atom stereocenters. The maximum atomic E-state index is 11.8. The number of halogens is 1. The zero-order valence-corrected chi connectivity index (χ0v) is 11.7. The highest BCUT2D eigenvalue weighted by Crippen LogP contribution is 2.25. The van der Waals surface area contributed by atoms with Crippen LogP contribution < -0.4 is 4.72 Å². The van der Waals surface area contributed by atoms with Gasteiger partial charge in [-0.05, 0) is 40.9 Å². The first-order chi connectivity index (χ1) is 7.58. The van der Waals surface area contributed by atoms with Crippen LogP contribution in [0.4, 0.5) is 0 Å². The van der Waals surface area contributed by atoms with Crippen LogP contribution >= 0.6 is 27.3 Å². The van der Waals surface area contributed by atoms with Gasteiger partial charge in [-0.3, -0.25) is 0 Å². The van der Waals surface area contributed by atoms with Crippen LogP contribution in [0.1, 0.15) is 12.8 Å². The first-order valence-corrected chi connectivity index (χ1v) is 8.04. The Morgan fingerprint density at radius 1 is 1.56 bits per heavy atom. The highest BCUT2D eigenvalue weighted by molar-refractivity contribution is 9.11. The molecule has 0 bridgehead atoms. The number of rotatable bonds is 4. The lowest BCUT2D eigenvalue weighted by atomic mass is 10.2. The highest BCUT2D eigenvalue weighted by Gasteiger charge is 2.21. The van der Waals surface area contributed by atoms with Gasteiger partial charge in [0.15, 0.2) is 0 Å². The molecule has 0 saturated carbocycles. The summed E-state index contributed by atoms with van der Waals surface area (Å²) < 4.78 is 32.7. The first kappa shape index (κ1) is 12.5. The van der Waals surface area contributed by atoms with Crippen molar-refractivity contribution in [2.24, 2.45) is 0 Å². The molecule has 2 rings (SSSR count). The van der Waals surface area contributed by atoms with Gasteiger partial charge >= 0.3 is 0 Å². The Bertz CT molecular complexity index is 451. The molecule has 0 aliphatic carbocycles. The molecular weight excluding hydrogens is 314 g/mol. The zero-order chi connectivity index (χ0) is 11.6. The van der Waals surface area contributed by atoms with Gasteiger partial charge in [-0.2, -0.15) is 0 Å². The van der Waals surface area contributed by atoms with Gasteiger partial charge in [-0.15, -0.1) is 11.3 Å². The number of hydrogen-bond acceptors (Lipinski definition) is 4. The van der Waals surface area contributed by atoms with Crippen LogP contribution in [0.15, 0.2) is 20.1 Å². The van der Waals surface area contributed by atoms with Crippen molar-refractivity contribution < 1.29 is 13.2 Å². The SMILES string of the molecule is O=S(=O)(NC[C@@H]1CCCO1)c1ccc(Br)s1. The van der Waals surface area contributed by atoms with Crippen molar-refractivity contribution in [1.29, 1.82) is 0 Å². The Hall–Kier alpha value is 0.0500. The number of sulfonamides is 1. The third kappa shape index (κ3) is 3.04. The normalized spacial score (nSPS) is 21.4. The fourth-order valence-corrected chi connectivity index (χ4v) is 4.64. The van der Waals surface area contributed by atoms with Crippen LogP contribution in [0.3, 0.4) is 0 Å². The Kier molecular flexibility index (Phi) is 4.01. The maximum Gasteiger partial charge on any atom is 0.250 e. The van der Waals surface area contributed by atoms with Crippen molar-refractivity contribution in [2.45, 2.75) is 23.2 Å². The summed E-state index contributed by atoms with van der Waals surface area (Å²) in [5, 5.41) is 0. The van der Waals surface area contributed by atoms with Crippen LogP contribution in [0.25, 0.3) is 0 Å². The Balaban J connectivity index is 1.97. The number of hydrogen-bond donors (Lipinski definition) is 1. The third-order valence-electron chi connectivity index (χ3n) is 2.34. The summed E-state index contributed by atoms with van der Waals surface area (Å²) in [5.41, 5.74) is 0. The first-order valence-electron chi connectivity index (χ1n) is 4.94. The molecule has 1 aliphatic heterocycles. The van der Waals surface area contributed by atoms with Crippen LogP contribution in [0, 0.1) is 0 Å². The van der Waals surface area contributed by atoms with Crippen molar-refractivity contribution in [1.82, 2.24) is 4.72 Å². The maximum absolute atomic E-state index is 11.8. The van der Waals surface area contributed by atoms with E-state index in [2.05, 4.69) is 20.7 Å². The van der Waals surface area contributed by atoms with E-state index in [1.807, 2.05) is 0 Å². The minimum atomic E-state index is -3.37. The predicted molar refractivity (Wildman–Crippen MR) is 66.2 cm³/mol. The second kappa shape index (κ2) is 5.14. The van der Waals surface area contributed by atoms with E-state index in [-0.39, 0.29) is 6.10 Å². The Morgan fingerprint density at radius 3 is 2.94 bits per heavy atom. The molecule has 4 nitrogen and oxygen atoms in total. The van der Waals surface area contributed by atoms with E-state index >= 15 is 0 Å². The van der Waals surface area contributed by atoms with Gasteiger partial charge in [0.1, 0.15) is 4.21 Å². The van der Waals surface area contributed by atoms with E-state index in [1.54, 1.807) is 12.1 Å². The predicted octanol–water partition coefficient (Wildman–Crippen LogP) is 1.97. The molecule has 7 heteroatoms. The van der Waals surface area contributed by atoms with E-state index in [0.29, 0.717) is 10.8 Å². The zero-order valence-electron chi connectivity index (χ0n) is 8.48. The summed E-state index contributed by atoms with van der Waals surface area (Å²) in [7, 11) is -3.37. The molecule has 0 spiro atoms. The topological polar surface area (TPSA) is 55.4 Å². The van der Waals surface area contributed by atoms with Gasteiger partial charge in [-0.1, -0.05) is 0 Å². The van der Waals surface area contributed by atoms with Crippen molar-refractivity contribution in [3.63, 3.8) is 0 Å². The Labute approximate surface area is 107 Å². The summed E-state index contributed by atoms with van der Waals surface area (Å²) in [6, 6.07) is 3.32. The van der Waals surface area contributed by atoms with E-state index in [1.165, 1.54) is 11.3 Å². The van der Waals surface area contributed by atoms with E-state index in [0.717, 1.165) is 23.2 Å². The molecule has 1 N–H and O–H groups in total. The van der Waals surface area contributed by atoms with Gasteiger partial charge in [-0.25, -0.2) is 13.1 Å². The van der Waals surface area contributed by atoms with Crippen LogP contribution in [-0.2, 0) is 14.8 Å². The standard InChI is InChI=1S/C9H12BrNO3S2/c10-8-3-4-9(15-8)16(12,13)11-6-7-2-1-5-14-7/h3-4,7,11H,1-2,5-6H2/t7-/m0/s1. The van der Waals surface area contributed by atoms with Crippen molar-refractivity contribution in [3.8, 4) is 0 Å². The van der Waals surface area contributed by atoms with Crippen LogP contribution in [-0.4, -0.2) is 27.7 Å². The highest BCUT2D eigenvalue weighted by atomic mass is 79.9. The lowest BCUT2D eigenvalue weighted by Gasteiger charge is -2.10. The molecular formula is C9H12BrNO3S2. The van der Waals surface area contributed by atoms with E-state index in [4.69, 9.17) is 4.74 Å². The summed E-state index contributed by atoms with van der Waals surface area (Å²) in [6.07, 6.45) is 1.96. The molecule has 1 fully saturated rings. The summed E-state index contributed by atoms with van der Waals surface area (Å²) >= 11 is 4.45. The molecule has 2 heterocycles. The fraction of sp³-hybridized carbons (Fsp3) is 0.556. The lowest BCUT2D eigenvalue weighted by Crippen LogP contribution is -2.31. The molecule has 16 heavy (non-hydrogen) atoms. The molecule has 1 aromatic rings. The quantitative estimate of drug-likeness (QED) is 0.920. The molecule has 0 aromatic carbocycles. The summed E-state index contributed by atoms with van der Waals surface area (Å²) in [4.78, 5) is 0. The number of thiophene rings is 1. The lowest BCUT2D eigenvalue weighted by molar-refractivity contribution is 0.114. The molecule has 1 atom stereocenters.